The number of H-pyrrole nitrogens is 1. The van der Waals surface area contributed by atoms with Crippen LogP contribution in [0.5, 0.6) is 5.75 Å². The van der Waals surface area contributed by atoms with Crippen LogP contribution >= 0.6 is 0 Å². The third-order valence-electron chi connectivity index (χ3n) is 4.08. The third kappa shape index (κ3) is 5.38. The summed E-state index contributed by atoms with van der Waals surface area (Å²) >= 11 is 0. The van der Waals surface area contributed by atoms with Gasteiger partial charge in [0.15, 0.2) is 0 Å². The molecule has 22 heavy (non-hydrogen) atoms. The molecular formula is C19H30N2O. The minimum absolute atomic E-state index is 0.675. The fraction of sp³-hybridized carbons (Fsp3) is 0.579. The molecule has 0 aliphatic rings. The highest BCUT2D eigenvalue weighted by molar-refractivity contribution is 5.81. The van der Waals surface area contributed by atoms with Crippen molar-refractivity contribution in [3.8, 4) is 5.75 Å². The molecule has 2 aromatic rings. The van der Waals surface area contributed by atoms with E-state index in [1.807, 2.05) is 6.07 Å². The molecule has 1 aromatic heterocycles. The molecule has 2 rings (SSSR count). The number of fused-ring (bicyclic) bond motifs is 1. The van der Waals surface area contributed by atoms with Crippen LogP contribution in [0.15, 0.2) is 24.3 Å². The number of ether oxygens (including phenoxy) is 1. The molecule has 3 N–H and O–H groups in total. The summed E-state index contributed by atoms with van der Waals surface area (Å²) in [7, 11) is 0. The van der Waals surface area contributed by atoms with Crippen LogP contribution in [0.4, 0.5) is 0 Å². The lowest BCUT2D eigenvalue weighted by molar-refractivity contribution is 0.304. The van der Waals surface area contributed by atoms with Crippen LogP contribution in [0.25, 0.3) is 10.9 Å². The van der Waals surface area contributed by atoms with Crippen LogP contribution in [0.2, 0.25) is 0 Å². The number of rotatable bonds is 11. The highest BCUT2D eigenvalue weighted by atomic mass is 16.5. The second-order valence-electron chi connectivity index (χ2n) is 6.05. The molecule has 122 valence electrons. The van der Waals surface area contributed by atoms with Crippen LogP contribution in [-0.2, 0) is 6.42 Å². The monoisotopic (exact) mass is 302 g/mol. The molecule has 3 heteroatoms. The van der Waals surface area contributed by atoms with E-state index in [0.717, 1.165) is 30.7 Å². The molecule has 0 spiro atoms. The lowest BCUT2D eigenvalue weighted by Gasteiger charge is -2.06. The Kier molecular flexibility index (Phi) is 7.31. The van der Waals surface area contributed by atoms with Gasteiger partial charge in [0, 0.05) is 16.6 Å². The van der Waals surface area contributed by atoms with E-state index in [4.69, 9.17) is 10.5 Å². The van der Waals surface area contributed by atoms with Gasteiger partial charge >= 0.3 is 0 Å². The van der Waals surface area contributed by atoms with Crippen molar-refractivity contribution in [2.75, 3.05) is 13.2 Å². The molecule has 1 heterocycles. The topological polar surface area (TPSA) is 51.0 Å². The second kappa shape index (κ2) is 9.52. The lowest BCUT2D eigenvalue weighted by atomic mass is 10.1. The molecule has 0 radical (unpaired) electrons. The zero-order valence-electron chi connectivity index (χ0n) is 13.9. The fourth-order valence-electron chi connectivity index (χ4n) is 2.80. The van der Waals surface area contributed by atoms with Gasteiger partial charge in [-0.15, -0.1) is 0 Å². The van der Waals surface area contributed by atoms with Crippen molar-refractivity contribution in [3.05, 3.63) is 30.0 Å². The average Bonchev–Trinajstić information content (AvgIpc) is 2.92. The first kappa shape index (κ1) is 16.9. The summed E-state index contributed by atoms with van der Waals surface area (Å²) in [6.07, 6.45) is 10.1. The first-order chi connectivity index (χ1) is 10.8. The van der Waals surface area contributed by atoms with Crippen LogP contribution in [0.1, 0.15) is 57.6 Å². The van der Waals surface area contributed by atoms with E-state index in [9.17, 15) is 0 Å². The standard InChI is InChI=1S/C19H30N2O/c1-2-3-4-5-6-7-8-13-22-18-9-10-19-16(15-18)14-17(21-19)11-12-20/h9-10,14-15,21H,2-8,11-13,20H2,1H3. The summed E-state index contributed by atoms with van der Waals surface area (Å²) in [5.41, 5.74) is 7.96. The highest BCUT2D eigenvalue weighted by Crippen LogP contribution is 2.22. The predicted octanol–water partition coefficient (Wildman–Crippen LogP) is 4.80. The minimum Gasteiger partial charge on any atom is -0.494 e. The van der Waals surface area contributed by atoms with Gasteiger partial charge in [-0.3, -0.25) is 0 Å². The van der Waals surface area contributed by atoms with Crippen LogP contribution in [0, 0.1) is 0 Å². The van der Waals surface area contributed by atoms with Crippen molar-refractivity contribution in [3.63, 3.8) is 0 Å². The van der Waals surface area contributed by atoms with Crippen molar-refractivity contribution >= 4 is 10.9 Å². The van der Waals surface area contributed by atoms with Crippen molar-refractivity contribution in [1.82, 2.24) is 4.98 Å². The Morgan fingerprint density at radius 3 is 2.55 bits per heavy atom. The van der Waals surface area contributed by atoms with Gasteiger partial charge in [0.05, 0.1) is 6.61 Å². The van der Waals surface area contributed by atoms with Gasteiger partial charge in [0.1, 0.15) is 5.75 Å². The van der Waals surface area contributed by atoms with E-state index in [1.54, 1.807) is 0 Å². The Bertz CT molecular complexity index is 547. The zero-order chi connectivity index (χ0) is 15.6. The van der Waals surface area contributed by atoms with Crippen LogP contribution in [-0.4, -0.2) is 18.1 Å². The van der Waals surface area contributed by atoms with E-state index in [1.165, 1.54) is 49.6 Å². The Hall–Kier alpha value is -1.48. The number of aromatic amines is 1. The zero-order valence-corrected chi connectivity index (χ0v) is 13.9. The molecule has 3 nitrogen and oxygen atoms in total. The lowest BCUT2D eigenvalue weighted by Crippen LogP contribution is -2.02. The first-order valence-electron chi connectivity index (χ1n) is 8.78. The van der Waals surface area contributed by atoms with E-state index in [-0.39, 0.29) is 0 Å². The van der Waals surface area contributed by atoms with Crippen LogP contribution < -0.4 is 10.5 Å². The number of hydrogen-bond acceptors (Lipinski definition) is 2. The molecule has 0 saturated heterocycles. The summed E-state index contributed by atoms with van der Waals surface area (Å²) in [6.45, 7) is 3.75. The third-order valence-corrected chi connectivity index (χ3v) is 4.08. The molecule has 0 atom stereocenters. The van der Waals surface area contributed by atoms with Gasteiger partial charge in [0.25, 0.3) is 0 Å². The van der Waals surface area contributed by atoms with Crippen molar-refractivity contribution in [2.24, 2.45) is 5.73 Å². The van der Waals surface area contributed by atoms with Crippen molar-refractivity contribution in [1.29, 1.82) is 0 Å². The molecule has 0 fully saturated rings. The second-order valence-corrected chi connectivity index (χ2v) is 6.05. The van der Waals surface area contributed by atoms with E-state index in [2.05, 4.69) is 30.1 Å². The molecule has 0 aliphatic heterocycles. The van der Waals surface area contributed by atoms with Gasteiger partial charge in [-0.2, -0.15) is 0 Å². The van der Waals surface area contributed by atoms with E-state index >= 15 is 0 Å². The van der Waals surface area contributed by atoms with Gasteiger partial charge in [0.2, 0.25) is 0 Å². The number of nitrogens with two attached hydrogens (primary N) is 1. The normalized spacial score (nSPS) is 11.2. The molecule has 0 unspecified atom stereocenters. The van der Waals surface area contributed by atoms with Gasteiger partial charge in [-0.1, -0.05) is 45.4 Å². The molecule has 0 amide bonds. The summed E-state index contributed by atoms with van der Waals surface area (Å²) in [4.78, 5) is 3.39. The Morgan fingerprint density at radius 1 is 1.00 bits per heavy atom. The van der Waals surface area contributed by atoms with Crippen molar-refractivity contribution in [2.45, 2.75) is 58.3 Å². The average molecular weight is 302 g/mol. The van der Waals surface area contributed by atoms with Gasteiger partial charge in [-0.25, -0.2) is 0 Å². The maximum atomic E-state index is 5.87. The van der Waals surface area contributed by atoms with Gasteiger partial charge in [-0.05, 0) is 43.7 Å². The summed E-state index contributed by atoms with van der Waals surface area (Å²) in [5.74, 6) is 0.969. The minimum atomic E-state index is 0.675. The fourth-order valence-corrected chi connectivity index (χ4v) is 2.80. The maximum absolute atomic E-state index is 5.87. The molecule has 0 saturated carbocycles. The Morgan fingerprint density at radius 2 is 1.77 bits per heavy atom. The summed E-state index contributed by atoms with van der Waals surface area (Å²) < 4.78 is 5.87. The maximum Gasteiger partial charge on any atom is 0.120 e. The summed E-state index contributed by atoms with van der Waals surface area (Å²) in [5, 5.41) is 1.21. The Labute approximate surface area is 134 Å². The first-order valence-corrected chi connectivity index (χ1v) is 8.78. The van der Waals surface area contributed by atoms with E-state index < -0.39 is 0 Å². The number of nitrogens with one attached hydrogen (secondary N) is 1. The quantitative estimate of drug-likeness (QED) is 0.586. The molecule has 0 aliphatic carbocycles. The van der Waals surface area contributed by atoms with Gasteiger partial charge < -0.3 is 15.5 Å². The molecule has 1 aromatic carbocycles. The highest BCUT2D eigenvalue weighted by Gasteiger charge is 2.02. The number of benzene rings is 1. The smallest absolute Gasteiger partial charge is 0.120 e. The van der Waals surface area contributed by atoms with Crippen LogP contribution in [0.3, 0.4) is 0 Å². The Balaban J connectivity index is 1.70. The van der Waals surface area contributed by atoms with Crippen molar-refractivity contribution < 1.29 is 4.74 Å². The predicted molar refractivity (Wildman–Crippen MR) is 94.5 cm³/mol. The summed E-state index contributed by atoms with van der Waals surface area (Å²) in [6, 6.07) is 8.43. The largest absolute Gasteiger partial charge is 0.494 e. The van der Waals surface area contributed by atoms with E-state index in [0.29, 0.717) is 6.54 Å². The number of hydrogen-bond donors (Lipinski definition) is 2. The number of unbranched alkanes of at least 4 members (excludes halogenated alkanes) is 6. The number of aromatic nitrogens is 1. The molecule has 0 bridgehead atoms. The SMILES string of the molecule is CCCCCCCCCOc1ccc2[nH]c(CCN)cc2c1. The molecular weight excluding hydrogens is 272 g/mol.